The standard InChI is InChI=1S/C15H11Br2ClO3/c1-8-2-3-9(13(18)4-8)7-21-14-11(16)5-10(15(19)20)6-12(14)17/h2-6H,7H2,1H3,(H,19,20). The van der Waals surface area contributed by atoms with Gasteiger partial charge in [-0.2, -0.15) is 0 Å². The predicted octanol–water partition coefficient (Wildman–Crippen LogP) is 5.45. The Hall–Kier alpha value is -1.04. The molecule has 21 heavy (non-hydrogen) atoms. The van der Waals surface area contributed by atoms with Gasteiger partial charge in [0.05, 0.1) is 14.5 Å². The minimum Gasteiger partial charge on any atom is -0.486 e. The van der Waals surface area contributed by atoms with Crippen LogP contribution in [-0.2, 0) is 6.61 Å². The molecule has 0 aliphatic rings. The summed E-state index contributed by atoms with van der Waals surface area (Å²) in [6, 6.07) is 8.74. The van der Waals surface area contributed by atoms with Crippen molar-refractivity contribution in [2.45, 2.75) is 13.5 Å². The first-order valence-electron chi connectivity index (χ1n) is 5.98. The average molecular weight is 435 g/mol. The number of rotatable bonds is 4. The highest BCUT2D eigenvalue weighted by molar-refractivity contribution is 9.11. The summed E-state index contributed by atoms with van der Waals surface area (Å²) in [5.74, 6) is -0.457. The van der Waals surface area contributed by atoms with E-state index in [1.54, 1.807) is 0 Å². The monoisotopic (exact) mass is 432 g/mol. The summed E-state index contributed by atoms with van der Waals surface area (Å²) in [5.41, 5.74) is 2.12. The maximum atomic E-state index is 11.0. The minimum absolute atomic E-state index is 0.175. The van der Waals surface area contributed by atoms with Crippen LogP contribution in [0.25, 0.3) is 0 Å². The van der Waals surface area contributed by atoms with Gasteiger partial charge in [-0.25, -0.2) is 4.79 Å². The Kier molecular flexibility index (Phi) is 5.30. The van der Waals surface area contributed by atoms with Gasteiger partial charge in [0.2, 0.25) is 0 Å². The largest absolute Gasteiger partial charge is 0.486 e. The van der Waals surface area contributed by atoms with Gasteiger partial charge in [0.15, 0.2) is 0 Å². The number of hydrogen-bond acceptors (Lipinski definition) is 2. The Morgan fingerprint density at radius 1 is 1.24 bits per heavy atom. The van der Waals surface area contributed by atoms with E-state index in [1.165, 1.54) is 12.1 Å². The molecule has 0 saturated heterocycles. The molecular weight excluding hydrogens is 423 g/mol. The normalized spacial score (nSPS) is 10.5. The van der Waals surface area contributed by atoms with Crippen molar-refractivity contribution in [2.24, 2.45) is 0 Å². The van der Waals surface area contributed by atoms with E-state index in [-0.39, 0.29) is 5.56 Å². The van der Waals surface area contributed by atoms with Crippen molar-refractivity contribution in [3.8, 4) is 5.75 Å². The summed E-state index contributed by atoms with van der Waals surface area (Å²) >= 11 is 12.8. The van der Waals surface area contributed by atoms with E-state index in [0.29, 0.717) is 26.3 Å². The smallest absolute Gasteiger partial charge is 0.335 e. The van der Waals surface area contributed by atoms with Crippen LogP contribution in [0.3, 0.4) is 0 Å². The molecule has 0 spiro atoms. The van der Waals surface area contributed by atoms with Gasteiger partial charge in [0, 0.05) is 10.6 Å². The van der Waals surface area contributed by atoms with Crippen LogP contribution in [-0.4, -0.2) is 11.1 Å². The first-order valence-corrected chi connectivity index (χ1v) is 7.95. The molecule has 2 aromatic rings. The molecule has 3 nitrogen and oxygen atoms in total. The minimum atomic E-state index is -0.996. The molecule has 0 bridgehead atoms. The number of aromatic carboxylic acids is 1. The van der Waals surface area contributed by atoms with Crippen molar-refractivity contribution in [3.63, 3.8) is 0 Å². The quantitative estimate of drug-likeness (QED) is 0.696. The van der Waals surface area contributed by atoms with Crippen LogP contribution >= 0.6 is 43.5 Å². The van der Waals surface area contributed by atoms with Gasteiger partial charge in [-0.15, -0.1) is 0 Å². The van der Waals surface area contributed by atoms with Gasteiger partial charge < -0.3 is 9.84 Å². The van der Waals surface area contributed by atoms with Crippen LogP contribution in [0.5, 0.6) is 5.75 Å². The fourth-order valence-electron chi connectivity index (χ4n) is 1.74. The van der Waals surface area contributed by atoms with Crippen LogP contribution in [0.1, 0.15) is 21.5 Å². The van der Waals surface area contributed by atoms with Crippen LogP contribution in [0.4, 0.5) is 0 Å². The number of benzene rings is 2. The predicted molar refractivity (Wildman–Crippen MR) is 89.3 cm³/mol. The molecule has 2 rings (SSSR count). The summed E-state index contributed by atoms with van der Waals surface area (Å²) in [5, 5.41) is 9.64. The lowest BCUT2D eigenvalue weighted by Crippen LogP contribution is -2.01. The zero-order valence-electron chi connectivity index (χ0n) is 11.0. The van der Waals surface area contributed by atoms with E-state index in [1.807, 2.05) is 25.1 Å². The molecule has 0 aliphatic heterocycles. The van der Waals surface area contributed by atoms with Crippen molar-refractivity contribution >= 4 is 49.4 Å². The van der Waals surface area contributed by atoms with Gasteiger partial charge in [-0.3, -0.25) is 0 Å². The molecule has 0 fully saturated rings. The van der Waals surface area contributed by atoms with Crippen LogP contribution < -0.4 is 4.74 Å². The molecule has 6 heteroatoms. The molecule has 0 unspecified atom stereocenters. The van der Waals surface area contributed by atoms with Crippen LogP contribution in [0.15, 0.2) is 39.3 Å². The highest BCUT2D eigenvalue weighted by atomic mass is 79.9. The van der Waals surface area contributed by atoms with E-state index in [0.717, 1.165) is 11.1 Å². The molecule has 0 saturated carbocycles. The zero-order valence-corrected chi connectivity index (χ0v) is 14.9. The maximum Gasteiger partial charge on any atom is 0.335 e. The number of carboxylic acids is 1. The third kappa shape index (κ3) is 3.99. The average Bonchev–Trinajstić information content (AvgIpc) is 2.39. The number of hydrogen-bond donors (Lipinski definition) is 1. The van der Waals surface area contributed by atoms with Crippen LogP contribution in [0.2, 0.25) is 5.02 Å². The fraction of sp³-hybridized carbons (Fsp3) is 0.133. The number of ether oxygens (including phenoxy) is 1. The van der Waals surface area contributed by atoms with E-state index in [4.69, 9.17) is 21.4 Å². The number of aryl methyl sites for hydroxylation is 1. The third-order valence-electron chi connectivity index (χ3n) is 2.83. The van der Waals surface area contributed by atoms with Crippen molar-refractivity contribution in [1.82, 2.24) is 0 Å². The summed E-state index contributed by atoms with van der Waals surface area (Å²) in [6.07, 6.45) is 0. The van der Waals surface area contributed by atoms with Crippen molar-refractivity contribution < 1.29 is 14.6 Å². The number of carboxylic acid groups (broad SMARTS) is 1. The second-order valence-corrected chi connectivity index (χ2v) is 6.57. The van der Waals surface area contributed by atoms with E-state index < -0.39 is 5.97 Å². The number of halogens is 3. The Labute approximate surface area is 144 Å². The second-order valence-electron chi connectivity index (χ2n) is 4.46. The molecule has 0 amide bonds. The summed E-state index contributed by atoms with van der Waals surface area (Å²) in [7, 11) is 0. The van der Waals surface area contributed by atoms with Gasteiger partial charge in [0.25, 0.3) is 0 Å². The Morgan fingerprint density at radius 3 is 2.38 bits per heavy atom. The zero-order chi connectivity index (χ0) is 15.6. The van der Waals surface area contributed by atoms with Crippen molar-refractivity contribution in [1.29, 1.82) is 0 Å². The van der Waals surface area contributed by atoms with E-state index >= 15 is 0 Å². The molecule has 0 heterocycles. The first kappa shape index (κ1) is 16.3. The second kappa shape index (κ2) is 6.81. The maximum absolute atomic E-state index is 11.0. The summed E-state index contributed by atoms with van der Waals surface area (Å²) in [6.45, 7) is 2.26. The molecule has 0 aromatic heterocycles. The van der Waals surface area contributed by atoms with Gasteiger partial charge in [0.1, 0.15) is 12.4 Å². The fourth-order valence-corrected chi connectivity index (χ4v) is 3.45. The lowest BCUT2D eigenvalue weighted by Gasteiger charge is -2.12. The Balaban J connectivity index is 2.22. The molecule has 0 radical (unpaired) electrons. The summed E-state index contributed by atoms with van der Waals surface area (Å²) in [4.78, 5) is 11.0. The lowest BCUT2D eigenvalue weighted by molar-refractivity contribution is 0.0696. The molecule has 0 atom stereocenters. The Morgan fingerprint density at radius 2 is 1.86 bits per heavy atom. The molecule has 1 N–H and O–H groups in total. The van der Waals surface area contributed by atoms with Gasteiger partial charge in [-0.05, 0) is 62.5 Å². The van der Waals surface area contributed by atoms with Crippen molar-refractivity contribution in [2.75, 3.05) is 0 Å². The van der Waals surface area contributed by atoms with Crippen LogP contribution in [0, 0.1) is 6.92 Å². The van der Waals surface area contributed by atoms with E-state index in [2.05, 4.69) is 31.9 Å². The third-order valence-corrected chi connectivity index (χ3v) is 4.36. The molecule has 2 aromatic carbocycles. The SMILES string of the molecule is Cc1ccc(COc2c(Br)cc(C(=O)O)cc2Br)c(Cl)c1. The number of carbonyl (C=O) groups is 1. The molecule has 110 valence electrons. The van der Waals surface area contributed by atoms with Gasteiger partial charge >= 0.3 is 5.97 Å². The highest BCUT2D eigenvalue weighted by Crippen LogP contribution is 2.35. The molecule has 0 aliphatic carbocycles. The first-order chi connectivity index (χ1) is 9.88. The van der Waals surface area contributed by atoms with Gasteiger partial charge in [-0.1, -0.05) is 23.7 Å². The highest BCUT2D eigenvalue weighted by Gasteiger charge is 2.13. The lowest BCUT2D eigenvalue weighted by atomic mass is 10.1. The Bertz CT molecular complexity index is 678. The van der Waals surface area contributed by atoms with Crippen molar-refractivity contribution in [3.05, 3.63) is 61.0 Å². The molecular formula is C15H11Br2ClO3. The summed E-state index contributed by atoms with van der Waals surface area (Å²) < 4.78 is 6.87. The van der Waals surface area contributed by atoms with E-state index in [9.17, 15) is 4.79 Å². The topological polar surface area (TPSA) is 46.5 Å².